The summed E-state index contributed by atoms with van der Waals surface area (Å²) >= 11 is 0. The van der Waals surface area contributed by atoms with E-state index in [4.69, 9.17) is 4.98 Å². The first-order valence-corrected chi connectivity index (χ1v) is 11.0. The molecule has 32 heavy (non-hydrogen) atoms. The lowest BCUT2D eigenvalue weighted by Crippen LogP contribution is -2.32. The number of carboxylic acid groups (broad SMARTS) is 1. The van der Waals surface area contributed by atoms with Gasteiger partial charge in [-0.15, -0.1) is 0 Å². The standard InChI is InChI=1S/C24H26N6O2/c1-15-12-18(16(2)27-20-9-5-4-8-17(20)23(31)32)21-19(13-15)22-25-14-26-30(22)24(28-21)29-10-6-3-7-11-29/h4-5,8-9,12-14,16,27H,3,6-7,10-11H2,1-2H3,(H,31,32)/t16-/m1/s1. The number of anilines is 2. The number of aromatic carboxylic acids is 1. The first-order chi connectivity index (χ1) is 15.5. The van der Waals surface area contributed by atoms with Gasteiger partial charge in [-0.05, 0) is 56.9 Å². The van der Waals surface area contributed by atoms with Gasteiger partial charge in [-0.2, -0.15) is 9.61 Å². The van der Waals surface area contributed by atoms with E-state index in [2.05, 4.69) is 32.4 Å². The van der Waals surface area contributed by atoms with E-state index in [0.717, 1.165) is 59.6 Å². The van der Waals surface area contributed by atoms with E-state index in [0.29, 0.717) is 5.69 Å². The van der Waals surface area contributed by atoms with Crippen LogP contribution >= 0.6 is 0 Å². The van der Waals surface area contributed by atoms with Crippen LogP contribution in [0.15, 0.2) is 42.7 Å². The second-order valence-electron chi connectivity index (χ2n) is 8.42. The predicted octanol–water partition coefficient (Wildman–Crippen LogP) is 4.45. The molecule has 5 rings (SSSR count). The highest BCUT2D eigenvalue weighted by Crippen LogP contribution is 2.32. The fraction of sp³-hybridized carbons (Fsp3) is 0.333. The molecule has 0 saturated carbocycles. The number of carboxylic acids is 1. The number of piperidine rings is 1. The number of nitrogens with one attached hydrogen (secondary N) is 1. The third kappa shape index (κ3) is 3.51. The zero-order valence-electron chi connectivity index (χ0n) is 18.2. The Labute approximate surface area is 185 Å². The van der Waals surface area contributed by atoms with Gasteiger partial charge in [0.2, 0.25) is 5.95 Å². The number of hydrogen-bond donors (Lipinski definition) is 2. The molecule has 2 aromatic heterocycles. The molecule has 2 N–H and O–H groups in total. The van der Waals surface area contributed by atoms with Crippen molar-refractivity contribution < 1.29 is 9.90 Å². The molecule has 1 fully saturated rings. The molecule has 3 heterocycles. The van der Waals surface area contributed by atoms with Gasteiger partial charge < -0.3 is 15.3 Å². The quantitative estimate of drug-likeness (QED) is 0.483. The van der Waals surface area contributed by atoms with Crippen molar-refractivity contribution in [1.29, 1.82) is 0 Å². The van der Waals surface area contributed by atoms with Gasteiger partial charge in [0.25, 0.3) is 0 Å². The molecule has 0 aliphatic carbocycles. The average Bonchev–Trinajstić information content (AvgIpc) is 3.29. The molecule has 164 valence electrons. The summed E-state index contributed by atoms with van der Waals surface area (Å²) in [7, 11) is 0. The molecule has 8 heteroatoms. The van der Waals surface area contributed by atoms with Crippen molar-refractivity contribution in [2.24, 2.45) is 0 Å². The summed E-state index contributed by atoms with van der Waals surface area (Å²) in [5, 5.41) is 18.4. The Morgan fingerprint density at radius 2 is 1.94 bits per heavy atom. The van der Waals surface area contributed by atoms with Gasteiger partial charge in [-0.1, -0.05) is 18.2 Å². The Morgan fingerprint density at radius 1 is 1.16 bits per heavy atom. The molecule has 4 aromatic rings. The monoisotopic (exact) mass is 430 g/mol. The van der Waals surface area contributed by atoms with Gasteiger partial charge >= 0.3 is 5.97 Å². The second-order valence-corrected chi connectivity index (χ2v) is 8.42. The molecule has 2 aromatic carbocycles. The molecule has 1 saturated heterocycles. The maximum Gasteiger partial charge on any atom is 0.337 e. The molecular formula is C24H26N6O2. The number of carbonyl (C=O) groups is 1. The number of benzene rings is 2. The molecule has 0 bridgehead atoms. The van der Waals surface area contributed by atoms with E-state index in [1.165, 1.54) is 6.42 Å². The largest absolute Gasteiger partial charge is 0.478 e. The van der Waals surface area contributed by atoms with Crippen molar-refractivity contribution in [3.05, 3.63) is 59.4 Å². The van der Waals surface area contributed by atoms with Crippen molar-refractivity contribution in [3.63, 3.8) is 0 Å². The summed E-state index contributed by atoms with van der Waals surface area (Å²) in [5.41, 5.74) is 4.58. The van der Waals surface area contributed by atoms with Crippen LogP contribution < -0.4 is 10.2 Å². The molecular weight excluding hydrogens is 404 g/mol. The number of nitrogens with zero attached hydrogens (tertiary/aromatic N) is 5. The van der Waals surface area contributed by atoms with Crippen LogP contribution in [0.4, 0.5) is 11.6 Å². The Morgan fingerprint density at radius 3 is 2.72 bits per heavy atom. The highest BCUT2D eigenvalue weighted by Gasteiger charge is 2.22. The fourth-order valence-corrected chi connectivity index (χ4v) is 4.56. The van der Waals surface area contributed by atoms with E-state index < -0.39 is 5.97 Å². The van der Waals surface area contributed by atoms with Crippen LogP contribution in [-0.4, -0.2) is 43.7 Å². The first kappa shape index (κ1) is 20.2. The van der Waals surface area contributed by atoms with Gasteiger partial charge in [-0.25, -0.2) is 14.8 Å². The van der Waals surface area contributed by atoms with Crippen LogP contribution in [0.2, 0.25) is 0 Å². The van der Waals surface area contributed by atoms with E-state index in [-0.39, 0.29) is 11.6 Å². The summed E-state index contributed by atoms with van der Waals surface area (Å²) in [6.07, 6.45) is 5.09. The normalized spacial score (nSPS) is 15.2. The smallest absolute Gasteiger partial charge is 0.337 e. The lowest BCUT2D eigenvalue weighted by Gasteiger charge is -2.28. The maximum atomic E-state index is 11.7. The minimum absolute atomic E-state index is 0.162. The van der Waals surface area contributed by atoms with Crippen LogP contribution in [0.5, 0.6) is 0 Å². The summed E-state index contributed by atoms with van der Waals surface area (Å²) < 4.78 is 1.84. The number of rotatable bonds is 5. The number of para-hydroxylation sites is 1. The van der Waals surface area contributed by atoms with Crippen molar-refractivity contribution in [1.82, 2.24) is 19.6 Å². The van der Waals surface area contributed by atoms with Gasteiger partial charge in [0.15, 0.2) is 5.65 Å². The molecule has 1 aliphatic heterocycles. The fourth-order valence-electron chi connectivity index (χ4n) is 4.56. The highest BCUT2D eigenvalue weighted by atomic mass is 16.4. The van der Waals surface area contributed by atoms with E-state index >= 15 is 0 Å². The Kier molecular flexibility index (Phi) is 5.13. The molecule has 0 radical (unpaired) electrons. The lowest BCUT2D eigenvalue weighted by molar-refractivity contribution is 0.0698. The zero-order chi connectivity index (χ0) is 22.2. The number of fused-ring (bicyclic) bond motifs is 3. The van der Waals surface area contributed by atoms with Gasteiger partial charge in [0.1, 0.15) is 6.33 Å². The molecule has 1 aliphatic rings. The predicted molar refractivity (Wildman–Crippen MR) is 125 cm³/mol. The summed E-state index contributed by atoms with van der Waals surface area (Å²) in [4.78, 5) is 23.6. The Bertz CT molecular complexity index is 1310. The van der Waals surface area contributed by atoms with Crippen molar-refractivity contribution >= 4 is 34.2 Å². The van der Waals surface area contributed by atoms with Crippen LogP contribution in [0.25, 0.3) is 16.6 Å². The SMILES string of the molecule is Cc1cc([C@@H](C)Nc2ccccc2C(=O)O)c2nc(N3CCCCC3)n3ncnc3c2c1. The number of aromatic nitrogens is 4. The molecule has 0 unspecified atom stereocenters. The highest BCUT2D eigenvalue weighted by molar-refractivity contribution is 5.96. The molecule has 1 atom stereocenters. The Hall–Kier alpha value is -3.68. The summed E-state index contributed by atoms with van der Waals surface area (Å²) in [6.45, 7) is 5.98. The minimum Gasteiger partial charge on any atom is -0.478 e. The van der Waals surface area contributed by atoms with Gasteiger partial charge in [-0.3, -0.25) is 0 Å². The first-order valence-electron chi connectivity index (χ1n) is 11.0. The van der Waals surface area contributed by atoms with Crippen molar-refractivity contribution in [2.45, 2.75) is 39.2 Å². The van der Waals surface area contributed by atoms with Crippen LogP contribution in [0.3, 0.4) is 0 Å². The second kappa shape index (κ2) is 8.11. The van der Waals surface area contributed by atoms with E-state index in [9.17, 15) is 9.90 Å². The molecule has 0 amide bonds. The molecule has 8 nitrogen and oxygen atoms in total. The summed E-state index contributed by atoms with van der Waals surface area (Å²) in [5.74, 6) is -0.141. The lowest BCUT2D eigenvalue weighted by atomic mass is 10.0. The van der Waals surface area contributed by atoms with Crippen molar-refractivity contribution in [2.75, 3.05) is 23.3 Å². The van der Waals surface area contributed by atoms with E-state index in [1.807, 2.05) is 24.4 Å². The number of aryl methyl sites for hydroxylation is 1. The number of hydrogen-bond acceptors (Lipinski definition) is 6. The third-order valence-corrected chi connectivity index (χ3v) is 6.11. The maximum absolute atomic E-state index is 11.7. The summed E-state index contributed by atoms with van der Waals surface area (Å²) in [6, 6.07) is 11.0. The van der Waals surface area contributed by atoms with Crippen LogP contribution in [0.1, 0.15) is 53.7 Å². The molecule has 0 spiro atoms. The van der Waals surface area contributed by atoms with E-state index in [1.54, 1.807) is 24.5 Å². The average molecular weight is 431 g/mol. The Balaban J connectivity index is 1.65. The van der Waals surface area contributed by atoms with Gasteiger partial charge in [0.05, 0.1) is 17.1 Å². The minimum atomic E-state index is -0.954. The topological polar surface area (TPSA) is 95.6 Å². The zero-order valence-corrected chi connectivity index (χ0v) is 18.2. The van der Waals surface area contributed by atoms with Gasteiger partial charge in [0, 0.05) is 29.7 Å². The van der Waals surface area contributed by atoms with Crippen molar-refractivity contribution in [3.8, 4) is 0 Å². The van der Waals surface area contributed by atoms with Crippen LogP contribution in [0, 0.1) is 6.92 Å². The third-order valence-electron chi connectivity index (χ3n) is 6.11. The van der Waals surface area contributed by atoms with Crippen LogP contribution in [-0.2, 0) is 0 Å².